The molecule has 3 N–H and O–H groups in total. The first-order chi connectivity index (χ1) is 20.4. The molecule has 5 aromatic rings. The zero-order valence-corrected chi connectivity index (χ0v) is 24.3. The van der Waals surface area contributed by atoms with E-state index in [1.54, 1.807) is 74.7 Å². The summed E-state index contributed by atoms with van der Waals surface area (Å²) in [6, 6.07) is 24.6. The molecule has 0 saturated carbocycles. The number of aromatic nitrogens is 1. The first-order valence-corrected chi connectivity index (χ1v) is 14.5. The molecule has 0 bridgehead atoms. The second-order valence-corrected chi connectivity index (χ2v) is 11.4. The Morgan fingerprint density at radius 3 is 2.57 bits per heavy atom. The first-order valence-electron chi connectivity index (χ1n) is 12.8. The zero-order valence-electron chi connectivity index (χ0n) is 22.6. The Hall–Kier alpha value is -4.87. The number of carbonyl (C=O) groups excluding carboxylic acids is 3. The Bertz CT molecular complexity index is 1750. The van der Waals surface area contributed by atoms with Crippen LogP contribution in [0.2, 0.25) is 0 Å². The van der Waals surface area contributed by atoms with E-state index in [1.807, 2.05) is 24.3 Å². The SMILES string of the molecule is COc1ccc2nc(NC(=O)C(C)Sc3cccc(NC(=O)/C(=C/c4ccco4)NC(=O)c4ccccc4)c3)sc2c1. The van der Waals surface area contributed by atoms with E-state index in [0.29, 0.717) is 22.1 Å². The van der Waals surface area contributed by atoms with E-state index in [-0.39, 0.29) is 11.6 Å². The maximum atomic E-state index is 13.2. The van der Waals surface area contributed by atoms with Gasteiger partial charge in [0.25, 0.3) is 11.8 Å². The number of hydrogen-bond donors (Lipinski definition) is 3. The van der Waals surface area contributed by atoms with E-state index >= 15 is 0 Å². The topological polar surface area (TPSA) is 123 Å². The number of nitrogens with zero attached hydrogens (tertiary/aromatic N) is 1. The van der Waals surface area contributed by atoms with Crippen molar-refractivity contribution in [3.8, 4) is 5.75 Å². The van der Waals surface area contributed by atoms with Crippen molar-refractivity contribution in [1.29, 1.82) is 0 Å². The van der Waals surface area contributed by atoms with E-state index in [4.69, 9.17) is 9.15 Å². The molecule has 0 fully saturated rings. The summed E-state index contributed by atoms with van der Waals surface area (Å²) in [7, 11) is 1.60. The van der Waals surface area contributed by atoms with Crippen LogP contribution < -0.4 is 20.7 Å². The summed E-state index contributed by atoms with van der Waals surface area (Å²) in [6.07, 6.45) is 2.94. The summed E-state index contributed by atoms with van der Waals surface area (Å²) in [5.74, 6) is -0.0317. The molecule has 2 heterocycles. The molecule has 0 radical (unpaired) electrons. The van der Waals surface area contributed by atoms with Gasteiger partial charge in [-0.05, 0) is 67.6 Å². The van der Waals surface area contributed by atoms with E-state index in [0.717, 1.165) is 20.9 Å². The third kappa shape index (κ3) is 7.25. The van der Waals surface area contributed by atoms with Crippen molar-refractivity contribution in [1.82, 2.24) is 10.3 Å². The molecule has 2 aromatic heterocycles. The fourth-order valence-electron chi connectivity index (χ4n) is 3.85. The summed E-state index contributed by atoms with van der Waals surface area (Å²) in [6.45, 7) is 1.80. The predicted octanol–water partition coefficient (Wildman–Crippen LogP) is 6.43. The number of carbonyl (C=O) groups is 3. The molecule has 3 aromatic carbocycles. The van der Waals surface area contributed by atoms with Crippen molar-refractivity contribution in [2.75, 3.05) is 17.7 Å². The highest BCUT2D eigenvalue weighted by Crippen LogP contribution is 2.31. The maximum absolute atomic E-state index is 13.2. The van der Waals surface area contributed by atoms with Crippen LogP contribution in [0, 0.1) is 0 Å². The lowest BCUT2D eigenvalue weighted by Gasteiger charge is -2.13. The zero-order chi connectivity index (χ0) is 29.5. The van der Waals surface area contributed by atoms with Crippen LogP contribution in [0.5, 0.6) is 5.75 Å². The van der Waals surface area contributed by atoms with E-state index in [9.17, 15) is 14.4 Å². The summed E-state index contributed by atoms with van der Waals surface area (Å²) < 4.78 is 11.5. The second-order valence-electron chi connectivity index (χ2n) is 8.98. The summed E-state index contributed by atoms with van der Waals surface area (Å²) in [5, 5.41) is 8.44. The van der Waals surface area contributed by atoms with Crippen LogP contribution >= 0.6 is 23.1 Å². The van der Waals surface area contributed by atoms with Crippen LogP contribution in [-0.4, -0.2) is 35.1 Å². The molecule has 0 spiro atoms. The number of benzene rings is 3. The summed E-state index contributed by atoms with van der Waals surface area (Å²) in [5.41, 5.74) is 1.70. The molecule has 212 valence electrons. The van der Waals surface area contributed by atoms with E-state index in [2.05, 4.69) is 20.9 Å². The van der Waals surface area contributed by atoms with Gasteiger partial charge < -0.3 is 25.1 Å². The number of anilines is 2. The molecular formula is C31H26N4O5S2. The highest BCUT2D eigenvalue weighted by molar-refractivity contribution is 8.00. The number of furan rings is 1. The molecule has 9 nitrogen and oxygen atoms in total. The van der Waals surface area contributed by atoms with Gasteiger partial charge in [-0.3, -0.25) is 14.4 Å². The number of thioether (sulfide) groups is 1. The quantitative estimate of drug-likeness (QED) is 0.125. The largest absolute Gasteiger partial charge is 0.497 e. The normalized spacial score (nSPS) is 12.0. The Kier molecular flexibility index (Phi) is 9.00. The number of rotatable bonds is 10. The van der Waals surface area contributed by atoms with Crippen LogP contribution in [0.3, 0.4) is 0 Å². The molecule has 1 atom stereocenters. The van der Waals surface area contributed by atoms with Gasteiger partial charge in [0.15, 0.2) is 5.13 Å². The minimum Gasteiger partial charge on any atom is -0.497 e. The molecule has 0 aliphatic rings. The summed E-state index contributed by atoms with van der Waals surface area (Å²) >= 11 is 2.71. The van der Waals surface area contributed by atoms with Crippen LogP contribution in [0.15, 0.2) is 106 Å². The lowest BCUT2D eigenvalue weighted by atomic mass is 10.2. The molecular weight excluding hydrogens is 572 g/mol. The molecule has 0 saturated heterocycles. The van der Waals surface area contributed by atoms with Crippen molar-refractivity contribution in [3.63, 3.8) is 0 Å². The fraction of sp³-hybridized carbons (Fsp3) is 0.0968. The average molecular weight is 599 g/mol. The predicted molar refractivity (Wildman–Crippen MR) is 166 cm³/mol. The minimum atomic E-state index is -0.531. The van der Waals surface area contributed by atoms with Crippen LogP contribution in [0.4, 0.5) is 10.8 Å². The molecule has 0 aliphatic heterocycles. The maximum Gasteiger partial charge on any atom is 0.272 e. The lowest BCUT2D eigenvalue weighted by Crippen LogP contribution is -2.30. The molecule has 0 aliphatic carbocycles. The van der Waals surface area contributed by atoms with Gasteiger partial charge in [0, 0.05) is 22.2 Å². The Morgan fingerprint density at radius 1 is 0.976 bits per heavy atom. The van der Waals surface area contributed by atoms with Crippen molar-refractivity contribution in [2.45, 2.75) is 17.1 Å². The van der Waals surface area contributed by atoms with Crippen molar-refractivity contribution in [3.05, 3.63) is 108 Å². The lowest BCUT2D eigenvalue weighted by molar-refractivity contribution is -0.115. The monoisotopic (exact) mass is 598 g/mol. The Morgan fingerprint density at radius 2 is 1.81 bits per heavy atom. The number of ether oxygens (including phenoxy) is 1. The Labute approximate surface area is 250 Å². The second kappa shape index (κ2) is 13.2. The van der Waals surface area contributed by atoms with Crippen molar-refractivity contribution in [2.24, 2.45) is 0 Å². The first kappa shape index (κ1) is 28.7. The summed E-state index contributed by atoms with van der Waals surface area (Å²) in [4.78, 5) is 44.2. The standard InChI is InChI=1S/C31H26N4O5S2/c1-19(28(36)35-31-34-25-14-13-22(39-2)18-27(25)42-31)41-24-12-6-10-21(16-24)32-30(38)26(17-23-11-7-15-40-23)33-29(37)20-8-4-3-5-9-20/h3-19H,1-2H3,(H,32,38)(H,33,37)(H,34,35,36)/b26-17-. The van der Waals surface area contributed by atoms with Crippen molar-refractivity contribution >= 4 is 67.9 Å². The number of thiazole rings is 1. The molecule has 11 heteroatoms. The van der Waals surface area contributed by atoms with Gasteiger partial charge in [-0.1, -0.05) is 35.6 Å². The van der Waals surface area contributed by atoms with Gasteiger partial charge in [-0.15, -0.1) is 11.8 Å². The number of nitrogens with one attached hydrogen (secondary N) is 3. The molecule has 3 amide bonds. The molecule has 5 rings (SSSR count). The van der Waals surface area contributed by atoms with E-state index in [1.165, 1.54) is 35.4 Å². The minimum absolute atomic E-state index is 0.0121. The van der Waals surface area contributed by atoms with Crippen LogP contribution in [0.25, 0.3) is 16.3 Å². The molecule has 42 heavy (non-hydrogen) atoms. The Balaban J connectivity index is 1.24. The number of fused-ring (bicyclic) bond motifs is 1. The fourth-order valence-corrected chi connectivity index (χ4v) is 5.68. The van der Waals surface area contributed by atoms with Gasteiger partial charge in [0.2, 0.25) is 5.91 Å². The number of hydrogen-bond acceptors (Lipinski definition) is 8. The third-order valence-electron chi connectivity index (χ3n) is 5.96. The van der Waals surface area contributed by atoms with Gasteiger partial charge in [-0.25, -0.2) is 4.98 Å². The van der Waals surface area contributed by atoms with Gasteiger partial charge in [-0.2, -0.15) is 0 Å². The number of methoxy groups -OCH3 is 1. The van der Waals surface area contributed by atoms with E-state index < -0.39 is 17.1 Å². The average Bonchev–Trinajstić information content (AvgIpc) is 3.66. The number of amides is 3. The van der Waals surface area contributed by atoms with Gasteiger partial charge >= 0.3 is 0 Å². The van der Waals surface area contributed by atoms with Gasteiger partial charge in [0.05, 0.1) is 28.8 Å². The van der Waals surface area contributed by atoms with Crippen LogP contribution in [-0.2, 0) is 9.59 Å². The highest BCUT2D eigenvalue weighted by atomic mass is 32.2. The highest BCUT2D eigenvalue weighted by Gasteiger charge is 2.19. The molecule has 1 unspecified atom stereocenters. The van der Waals surface area contributed by atoms with Crippen LogP contribution in [0.1, 0.15) is 23.0 Å². The van der Waals surface area contributed by atoms with Crippen molar-refractivity contribution < 1.29 is 23.5 Å². The smallest absolute Gasteiger partial charge is 0.272 e. The van der Waals surface area contributed by atoms with Gasteiger partial charge in [0.1, 0.15) is 17.2 Å². The third-order valence-corrected chi connectivity index (χ3v) is 7.99.